The Morgan fingerprint density at radius 2 is 1.69 bits per heavy atom. The molecule has 0 unspecified atom stereocenters. The van der Waals surface area contributed by atoms with Gasteiger partial charge in [-0.05, 0) is 24.6 Å². The van der Waals surface area contributed by atoms with Crippen molar-refractivity contribution in [2.75, 3.05) is 11.1 Å². The molecule has 0 bridgehead atoms. The van der Waals surface area contributed by atoms with Gasteiger partial charge in [-0.2, -0.15) is 0 Å². The highest BCUT2D eigenvalue weighted by molar-refractivity contribution is 8.00. The van der Waals surface area contributed by atoms with Crippen LogP contribution >= 0.6 is 11.8 Å². The number of nitrogens with one attached hydrogen (secondary N) is 1. The van der Waals surface area contributed by atoms with Crippen LogP contribution in [0.1, 0.15) is 5.56 Å². The summed E-state index contributed by atoms with van der Waals surface area (Å²) < 4.78 is 13.7. The molecule has 0 atom stereocenters. The topological polar surface area (TPSA) is 54.9 Å². The lowest BCUT2D eigenvalue weighted by Gasteiger charge is -2.10. The summed E-state index contributed by atoms with van der Waals surface area (Å²) in [6, 6.07) is 22.4. The van der Waals surface area contributed by atoms with Crippen molar-refractivity contribution in [1.82, 2.24) is 10.2 Å². The largest absolute Gasteiger partial charge is 0.325 e. The molecular formula is C23H18FN3OS. The molecule has 0 saturated heterocycles. The second-order valence-corrected chi connectivity index (χ2v) is 7.53. The zero-order chi connectivity index (χ0) is 20.2. The Labute approximate surface area is 172 Å². The minimum atomic E-state index is -0.344. The quantitative estimate of drug-likeness (QED) is 0.449. The van der Waals surface area contributed by atoms with Gasteiger partial charge in [0.05, 0.1) is 5.75 Å². The normalized spacial score (nSPS) is 10.8. The molecule has 1 heterocycles. The summed E-state index contributed by atoms with van der Waals surface area (Å²) in [5.74, 6) is -0.418. The van der Waals surface area contributed by atoms with Crippen LogP contribution in [0.3, 0.4) is 0 Å². The van der Waals surface area contributed by atoms with E-state index in [1.165, 1.54) is 17.8 Å². The van der Waals surface area contributed by atoms with Crippen LogP contribution in [0.4, 0.5) is 10.1 Å². The van der Waals surface area contributed by atoms with E-state index in [1.807, 2.05) is 54.6 Å². The van der Waals surface area contributed by atoms with Crippen molar-refractivity contribution in [3.05, 3.63) is 84.2 Å². The number of carbonyl (C=O) groups excluding carboxylic acids is 1. The monoisotopic (exact) mass is 403 g/mol. The average molecular weight is 403 g/mol. The summed E-state index contributed by atoms with van der Waals surface area (Å²) in [5, 5.41) is 14.1. The Kier molecular flexibility index (Phi) is 5.53. The van der Waals surface area contributed by atoms with Gasteiger partial charge in [-0.1, -0.05) is 72.4 Å². The molecule has 4 nitrogen and oxygen atoms in total. The van der Waals surface area contributed by atoms with Gasteiger partial charge in [0.1, 0.15) is 16.5 Å². The minimum Gasteiger partial charge on any atom is -0.325 e. The van der Waals surface area contributed by atoms with Crippen LogP contribution in [-0.4, -0.2) is 21.9 Å². The first-order valence-electron chi connectivity index (χ1n) is 9.11. The lowest BCUT2D eigenvalue weighted by Crippen LogP contribution is -2.14. The highest BCUT2D eigenvalue weighted by Crippen LogP contribution is 2.31. The van der Waals surface area contributed by atoms with E-state index in [0.717, 1.165) is 22.0 Å². The van der Waals surface area contributed by atoms with Gasteiger partial charge in [0, 0.05) is 22.0 Å². The molecule has 1 N–H and O–H groups in total. The number of anilines is 1. The van der Waals surface area contributed by atoms with Crippen LogP contribution in [0, 0.1) is 12.7 Å². The number of thioether (sulfide) groups is 1. The minimum absolute atomic E-state index is 0.152. The number of benzene rings is 3. The molecule has 3 aromatic carbocycles. The van der Waals surface area contributed by atoms with Crippen molar-refractivity contribution in [3.63, 3.8) is 0 Å². The van der Waals surface area contributed by atoms with E-state index in [4.69, 9.17) is 0 Å². The average Bonchev–Trinajstić information content (AvgIpc) is 2.75. The zero-order valence-corrected chi connectivity index (χ0v) is 16.5. The van der Waals surface area contributed by atoms with Crippen LogP contribution < -0.4 is 5.32 Å². The number of fused-ring (bicyclic) bond motifs is 1. The number of halogens is 1. The highest BCUT2D eigenvalue weighted by atomic mass is 32.2. The summed E-state index contributed by atoms with van der Waals surface area (Å²) in [6.45, 7) is 1.68. The first kappa shape index (κ1) is 19.1. The number of aromatic nitrogens is 2. The number of carbonyl (C=O) groups is 1. The molecule has 29 heavy (non-hydrogen) atoms. The van der Waals surface area contributed by atoms with Crippen molar-refractivity contribution in [2.24, 2.45) is 0 Å². The summed E-state index contributed by atoms with van der Waals surface area (Å²) in [6.07, 6.45) is 0. The van der Waals surface area contributed by atoms with E-state index in [-0.39, 0.29) is 17.5 Å². The third kappa shape index (κ3) is 4.27. The molecular weight excluding hydrogens is 385 g/mol. The third-order valence-electron chi connectivity index (χ3n) is 4.50. The van der Waals surface area contributed by atoms with Gasteiger partial charge >= 0.3 is 0 Å². The van der Waals surface area contributed by atoms with Gasteiger partial charge in [-0.15, -0.1) is 10.2 Å². The number of hydrogen-bond acceptors (Lipinski definition) is 4. The third-order valence-corrected chi connectivity index (χ3v) is 5.48. The number of aryl methyl sites for hydroxylation is 1. The van der Waals surface area contributed by atoms with Crippen LogP contribution in [0.25, 0.3) is 22.0 Å². The van der Waals surface area contributed by atoms with Gasteiger partial charge < -0.3 is 5.32 Å². The maximum atomic E-state index is 13.7. The molecule has 0 fully saturated rings. The molecule has 4 rings (SSSR count). The van der Waals surface area contributed by atoms with Crippen LogP contribution in [0.5, 0.6) is 0 Å². The van der Waals surface area contributed by atoms with E-state index in [9.17, 15) is 9.18 Å². The maximum Gasteiger partial charge on any atom is 0.234 e. The lowest BCUT2D eigenvalue weighted by atomic mass is 10.1. The molecule has 144 valence electrons. The van der Waals surface area contributed by atoms with Crippen molar-refractivity contribution >= 4 is 34.1 Å². The molecule has 0 saturated carbocycles. The van der Waals surface area contributed by atoms with E-state index in [0.29, 0.717) is 16.3 Å². The van der Waals surface area contributed by atoms with Crippen molar-refractivity contribution in [2.45, 2.75) is 11.9 Å². The molecule has 0 aliphatic rings. The van der Waals surface area contributed by atoms with Crippen molar-refractivity contribution < 1.29 is 9.18 Å². The first-order valence-corrected chi connectivity index (χ1v) is 10.1. The van der Waals surface area contributed by atoms with Crippen molar-refractivity contribution in [3.8, 4) is 11.3 Å². The molecule has 0 spiro atoms. The molecule has 1 aromatic heterocycles. The van der Waals surface area contributed by atoms with Gasteiger partial charge in [0.25, 0.3) is 0 Å². The van der Waals surface area contributed by atoms with Gasteiger partial charge in [-0.3, -0.25) is 4.79 Å². The fourth-order valence-corrected chi connectivity index (χ4v) is 3.77. The molecule has 4 aromatic rings. The number of hydrogen-bond donors (Lipinski definition) is 1. The van der Waals surface area contributed by atoms with E-state index in [1.54, 1.807) is 19.1 Å². The summed E-state index contributed by atoms with van der Waals surface area (Å²) >= 11 is 1.31. The molecule has 0 radical (unpaired) electrons. The summed E-state index contributed by atoms with van der Waals surface area (Å²) in [5.41, 5.74) is 2.78. The van der Waals surface area contributed by atoms with E-state index in [2.05, 4.69) is 15.5 Å². The van der Waals surface area contributed by atoms with Crippen LogP contribution in [-0.2, 0) is 4.79 Å². The maximum absolute atomic E-state index is 13.7. The van der Waals surface area contributed by atoms with Crippen LogP contribution in [0.2, 0.25) is 0 Å². The van der Waals surface area contributed by atoms with E-state index < -0.39 is 0 Å². The second-order valence-electron chi connectivity index (χ2n) is 6.57. The predicted molar refractivity (Wildman–Crippen MR) is 115 cm³/mol. The first-order chi connectivity index (χ1) is 14.1. The smallest absolute Gasteiger partial charge is 0.234 e. The summed E-state index contributed by atoms with van der Waals surface area (Å²) in [4.78, 5) is 12.3. The number of amides is 1. The SMILES string of the molecule is Cc1ccc(NC(=O)CSc2nnc(-c3ccccc3)c3ccccc23)cc1F. The fourth-order valence-electron chi connectivity index (χ4n) is 3.00. The summed E-state index contributed by atoms with van der Waals surface area (Å²) in [7, 11) is 0. The number of nitrogens with zero attached hydrogens (tertiary/aromatic N) is 2. The molecule has 0 aliphatic heterocycles. The molecule has 0 aliphatic carbocycles. The van der Waals surface area contributed by atoms with Gasteiger partial charge in [0.15, 0.2) is 0 Å². The van der Waals surface area contributed by atoms with Gasteiger partial charge in [-0.25, -0.2) is 4.39 Å². The zero-order valence-electron chi connectivity index (χ0n) is 15.7. The Morgan fingerprint density at radius 1 is 0.966 bits per heavy atom. The Hall–Kier alpha value is -3.25. The predicted octanol–water partition coefficient (Wildman–Crippen LogP) is 5.48. The second kappa shape index (κ2) is 8.41. The van der Waals surface area contributed by atoms with E-state index >= 15 is 0 Å². The Balaban J connectivity index is 1.54. The fraction of sp³-hybridized carbons (Fsp3) is 0.0870. The van der Waals surface area contributed by atoms with Crippen LogP contribution in [0.15, 0.2) is 77.8 Å². The highest BCUT2D eigenvalue weighted by Gasteiger charge is 2.13. The van der Waals surface area contributed by atoms with Gasteiger partial charge in [0.2, 0.25) is 5.91 Å². The lowest BCUT2D eigenvalue weighted by molar-refractivity contribution is -0.113. The Bertz CT molecular complexity index is 1180. The standard InChI is InChI=1S/C23H18FN3OS/c1-15-11-12-17(13-20(15)24)25-21(28)14-29-23-19-10-6-5-9-18(19)22(26-27-23)16-7-3-2-4-8-16/h2-13H,14H2,1H3,(H,25,28). The molecule has 1 amide bonds. The Morgan fingerprint density at radius 3 is 2.45 bits per heavy atom. The number of rotatable bonds is 5. The molecule has 6 heteroatoms. The van der Waals surface area contributed by atoms with Crippen molar-refractivity contribution in [1.29, 1.82) is 0 Å².